The lowest BCUT2D eigenvalue weighted by Crippen LogP contribution is -2.50. The van der Waals surface area contributed by atoms with E-state index in [0.29, 0.717) is 18.0 Å². The van der Waals surface area contributed by atoms with Gasteiger partial charge in [-0.05, 0) is 12.1 Å². The third-order valence-electron chi connectivity index (χ3n) is 4.16. The second-order valence-electron chi connectivity index (χ2n) is 7.16. The number of pyridine rings is 1. The summed E-state index contributed by atoms with van der Waals surface area (Å²) in [6, 6.07) is 3.13. The fourth-order valence-corrected chi connectivity index (χ4v) is 4.98. The number of amides is 1. The number of hydrogen-bond acceptors (Lipinski definition) is 6. The van der Waals surface area contributed by atoms with Crippen molar-refractivity contribution in [2.24, 2.45) is 0 Å². The fourth-order valence-electron chi connectivity index (χ4n) is 2.66. The van der Waals surface area contributed by atoms with E-state index in [1.807, 2.05) is 0 Å². The molecule has 3 heterocycles. The number of carbonyl (C=O) groups is 1. The molecule has 0 aromatic carbocycles. The highest BCUT2D eigenvalue weighted by molar-refractivity contribution is 7.89. The van der Waals surface area contributed by atoms with Crippen molar-refractivity contribution in [3.63, 3.8) is 0 Å². The van der Waals surface area contributed by atoms with Gasteiger partial charge in [-0.1, -0.05) is 20.8 Å². The predicted molar refractivity (Wildman–Crippen MR) is 99.7 cm³/mol. The Hall–Kier alpha value is -1.84. The first-order chi connectivity index (χ1) is 12.2. The normalized spacial score (nSPS) is 16.7. The SMILES string of the molecule is CC(C)(C)c1ncc(C(=O)N2CCN(S(=O)(=O)c3cccnc3)CC2)s1. The number of carbonyl (C=O) groups excluding carboxylic acids is 1. The maximum atomic E-state index is 12.7. The number of hydrogen-bond donors (Lipinski definition) is 0. The zero-order valence-electron chi connectivity index (χ0n) is 15.0. The standard InChI is InChI=1S/C17H22N4O3S2/c1-17(2,3)16-19-12-14(25-16)15(22)20-7-9-21(10-8-20)26(23,24)13-5-4-6-18-11-13/h4-6,11-12H,7-10H2,1-3H3. The molecule has 0 unspecified atom stereocenters. The summed E-state index contributed by atoms with van der Waals surface area (Å²) in [7, 11) is -3.57. The topological polar surface area (TPSA) is 83.5 Å². The van der Waals surface area contributed by atoms with Crippen molar-refractivity contribution < 1.29 is 13.2 Å². The van der Waals surface area contributed by atoms with E-state index in [9.17, 15) is 13.2 Å². The molecule has 3 rings (SSSR count). The molecule has 1 aliphatic heterocycles. The van der Waals surface area contributed by atoms with Crippen molar-refractivity contribution >= 4 is 27.3 Å². The van der Waals surface area contributed by atoms with Crippen LogP contribution in [0.15, 0.2) is 35.6 Å². The van der Waals surface area contributed by atoms with E-state index in [2.05, 4.69) is 30.7 Å². The molecule has 0 spiro atoms. The maximum Gasteiger partial charge on any atom is 0.265 e. The van der Waals surface area contributed by atoms with Gasteiger partial charge in [-0.25, -0.2) is 13.4 Å². The highest BCUT2D eigenvalue weighted by atomic mass is 32.2. The Morgan fingerprint density at radius 2 is 1.85 bits per heavy atom. The second kappa shape index (κ2) is 7.05. The van der Waals surface area contributed by atoms with Crippen LogP contribution in [0.3, 0.4) is 0 Å². The van der Waals surface area contributed by atoms with Gasteiger partial charge in [-0.2, -0.15) is 4.31 Å². The number of thiazole rings is 1. The van der Waals surface area contributed by atoms with Crippen LogP contribution in [0.5, 0.6) is 0 Å². The summed E-state index contributed by atoms with van der Waals surface area (Å²) in [5.41, 5.74) is -0.0975. The third-order valence-corrected chi connectivity index (χ3v) is 7.45. The molecule has 0 bridgehead atoms. The molecule has 7 nitrogen and oxygen atoms in total. The van der Waals surface area contributed by atoms with E-state index >= 15 is 0 Å². The van der Waals surface area contributed by atoms with Crippen LogP contribution in [0.2, 0.25) is 0 Å². The molecule has 1 amide bonds. The highest BCUT2D eigenvalue weighted by Crippen LogP contribution is 2.28. The van der Waals surface area contributed by atoms with Crippen LogP contribution in [0.25, 0.3) is 0 Å². The van der Waals surface area contributed by atoms with Crippen molar-refractivity contribution in [1.29, 1.82) is 0 Å². The number of piperazine rings is 1. The Bertz CT molecular complexity index is 880. The lowest BCUT2D eigenvalue weighted by atomic mass is 9.98. The van der Waals surface area contributed by atoms with Gasteiger partial charge < -0.3 is 4.90 Å². The van der Waals surface area contributed by atoms with Crippen molar-refractivity contribution in [2.75, 3.05) is 26.2 Å². The Morgan fingerprint density at radius 1 is 1.15 bits per heavy atom. The molecule has 0 aliphatic carbocycles. The van der Waals surface area contributed by atoms with E-state index in [0.717, 1.165) is 5.01 Å². The van der Waals surface area contributed by atoms with Gasteiger partial charge in [0.25, 0.3) is 5.91 Å². The average molecular weight is 395 g/mol. The zero-order valence-corrected chi connectivity index (χ0v) is 16.7. The van der Waals surface area contributed by atoms with Gasteiger partial charge in [0.1, 0.15) is 9.77 Å². The fraction of sp³-hybridized carbons (Fsp3) is 0.471. The summed E-state index contributed by atoms with van der Waals surface area (Å²) in [5, 5.41) is 0.915. The molecular formula is C17H22N4O3S2. The molecule has 140 valence electrons. The van der Waals surface area contributed by atoms with Crippen LogP contribution in [0, 0.1) is 0 Å². The first-order valence-electron chi connectivity index (χ1n) is 8.35. The molecule has 1 fully saturated rings. The number of rotatable bonds is 3. The van der Waals surface area contributed by atoms with Gasteiger partial charge in [0.05, 0.1) is 11.2 Å². The van der Waals surface area contributed by atoms with E-state index in [4.69, 9.17) is 0 Å². The van der Waals surface area contributed by atoms with Crippen LogP contribution < -0.4 is 0 Å². The van der Waals surface area contributed by atoms with Crippen molar-refractivity contribution in [2.45, 2.75) is 31.1 Å². The number of aromatic nitrogens is 2. The molecule has 0 atom stereocenters. The predicted octanol–water partition coefficient (Wildman–Crippen LogP) is 1.98. The second-order valence-corrected chi connectivity index (χ2v) is 10.1. The van der Waals surface area contributed by atoms with E-state index in [1.54, 1.807) is 17.2 Å². The molecule has 2 aromatic rings. The lowest BCUT2D eigenvalue weighted by Gasteiger charge is -2.33. The number of sulfonamides is 1. The highest BCUT2D eigenvalue weighted by Gasteiger charge is 2.31. The van der Waals surface area contributed by atoms with Crippen LogP contribution in [0.4, 0.5) is 0 Å². The van der Waals surface area contributed by atoms with Crippen molar-refractivity contribution in [1.82, 2.24) is 19.2 Å². The third kappa shape index (κ3) is 3.79. The molecule has 1 saturated heterocycles. The molecule has 9 heteroatoms. The molecular weight excluding hydrogens is 372 g/mol. The minimum Gasteiger partial charge on any atom is -0.335 e. The quantitative estimate of drug-likeness (QED) is 0.795. The summed E-state index contributed by atoms with van der Waals surface area (Å²) in [6.45, 7) is 7.44. The number of nitrogens with zero attached hydrogens (tertiary/aromatic N) is 4. The Morgan fingerprint density at radius 3 is 2.38 bits per heavy atom. The molecule has 26 heavy (non-hydrogen) atoms. The summed E-state index contributed by atoms with van der Waals surface area (Å²) >= 11 is 1.40. The molecule has 0 saturated carbocycles. The summed E-state index contributed by atoms with van der Waals surface area (Å²) in [6.07, 6.45) is 4.50. The largest absolute Gasteiger partial charge is 0.335 e. The Kier molecular flexibility index (Phi) is 5.14. The summed E-state index contributed by atoms with van der Waals surface area (Å²) in [4.78, 5) is 23.4. The first-order valence-corrected chi connectivity index (χ1v) is 10.6. The van der Waals surface area contributed by atoms with Gasteiger partial charge in [-0.3, -0.25) is 9.78 Å². The van der Waals surface area contributed by atoms with Crippen LogP contribution in [-0.2, 0) is 15.4 Å². The Labute approximate surface area is 157 Å². The lowest BCUT2D eigenvalue weighted by molar-refractivity contribution is 0.0702. The van der Waals surface area contributed by atoms with Crippen molar-refractivity contribution in [3.8, 4) is 0 Å². The van der Waals surface area contributed by atoms with Gasteiger partial charge in [0.15, 0.2) is 0 Å². The molecule has 0 radical (unpaired) electrons. The van der Waals surface area contributed by atoms with E-state index < -0.39 is 10.0 Å². The van der Waals surface area contributed by atoms with Gasteiger partial charge >= 0.3 is 0 Å². The first kappa shape index (κ1) is 18.9. The minimum absolute atomic E-state index is 0.0866. The van der Waals surface area contributed by atoms with E-state index in [-0.39, 0.29) is 29.3 Å². The molecule has 0 N–H and O–H groups in total. The summed E-state index contributed by atoms with van der Waals surface area (Å²) < 4.78 is 26.6. The Balaban J connectivity index is 1.67. The zero-order chi connectivity index (χ0) is 18.9. The van der Waals surface area contributed by atoms with Crippen molar-refractivity contribution in [3.05, 3.63) is 40.6 Å². The van der Waals surface area contributed by atoms with E-state index in [1.165, 1.54) is 34.1 Å². The van der Waals surface area contributed by atoms with Crippen LogP contribution >= 0.6 is 11.3 Å². The molecule has 1 aliphatic rings. The van der Waals surface area contributed by atoms with Gasteiger partial charge in [0, 0.05) is 44.0 Å². The van der Waals surface area contributed by atoms with Gasteiger partial charge in [-0.15, -0.1) is 11.3 Å². The smallest absolute Gasteiger partial charge is 0.265 e. The van der Waals surface area contributed by atoms with Crippen LogP contribution in [0.1, 0.15) is 35.5 Å². The van der Waals surface area contributed by atoms with Gasteiger partial charge in [0.2, 0.25) is 10.0 Å². The maximum absolute atomic E-state index is 12.7. The minimum atomic E-state index is -3.57. The average Bonchev–Trinajstić information content (AvgIpc) is 3.12. The summed E-state index contributed by atoms with van der Waals surface area (Å²) in [5.74, 6) is -0.0866. The monoisotopic (exact) mass is 394 g/mol. The van der Waals surface area contributed by atoms with Crippen LogP contribution in [-0.4, -0.2) is 59.7 Å². The molecule has 2 aromatic heterocycles.